The molecule has 12 rings (SSSR count). The molecule has 236 valence electrons. The quantitative estimate of drug-likeness (QED) is 0.171. The number of hydrogen-bond acceptors (Lipinski definition) is 1. The fraction of sp³-hybridized carbons (Fsp3) is 0. The summed E-state index contributed by atoms with van der Waals surface area (Å²) in [5, 5.41) is 11.0. The summed E-state index contributed by atoms with van der Waals surface area (Å²) in [6.07, 6.45) is 0. The number of imidazole rings is 1. The fourth-order valence-corrected chi connectivity index (χ4v) is 8.86. The Kier molecular flexibility index (Phi) is 5.20. The number of aromatic nitrogens is 4. The first-order valence-corrected chi connectivity index (χ1v) is 17.5. The molecule has 0 spiro atoms. The smallest absolute Gasteiger partial charge is 0.147 e. The van der Waals surface area contributed by atoms with Crippen molar-refractivity contribution in [3.05, 3.63) is 170 Å². The van der Waals surface area contributed by atoms with Crippen LogP contribution in [-0.2, 0) is 0 Å². The van der Waals surface area contributed by atoms with Gasteiger partial charge in [-0.1, -0.05) is 115 Å². The van der Waals surface area contributed by atoms with E-state index >= 15 is 0 Å². The van der Waals surface area contributed by atoms with Crippen molar-refractivity contribution in [3.8, 4) is 11.4 Å². The van der Waals surface area contributed by atoms with E-state index in [-0.39, 0.29) is 0 Å². The number of para-hydroxylation sites is 5. The predicted molar refractivity (Wildman–Crippen MR) is 214 cm³/mol. The molecule has 0 amide bonds. The summed E-state index contributed by atoms with van der Waals surface area (Å²) in [4.78, 5) is 5.25. The van der Waals surface area contributed by atoms with Gasteiger partial charge >= 0.3 is 0 Å². The average molecular weight is 649 g/mol. The maximum atomic E-state index is 5.25. The van der Waals surface area contributed by atoms with Gasteiger partial charge < -0.3 is 9.13 Å². The summed E-state index contributed by atoms with van der Waals surface area (Å²) < 4.78 is 7.31. The van der Waals surface area contributed by atoms with Gasteiger partial charge in [0, 0.05) is 43.7 Å². The minimum Gasteiger partial charge on any atom is -0.307 e. The van der Waals surface area contributed by atoms with Crippen molar-refractivity contribution >= 4 is 92.7 Å². The van der Waals surface area contributed by atoms with Gasteiger partial charge in [-0.2, -0.15) is 0 Å². The minimum atomic E-state index is 0.995. The van der Waals surface area contributed by atoms with Gasteiger partial charge in [0.25, 0.3) is 0 Å². The van der Waals surface area contributed by atoms with Gasteiger partial charge in [0.15, 0.2) is 0 Å². The Morgan fingerprint density at radius 2 is 0.941 bits per heavy atom. The molecule has 0 atom stereocenters. The van der Waals surface area contributed by atoms with Crippen LogP contribution in [0.2, 0.25) is 0 Å². The topological polar surface area (TPSA) is 27.2 Å². The Bertz CT molecular complexity index is 3420. The first kappa shape index (κ1) is 27.0. The van der Waals surface area contributed by atoms with Crippen LogP contribution in [0.15, 0.2) is 170 Å². The van der Waals surface area contributed by atoms with E-state index in [2.05, 4.69) is 183 Å². The number of pyridine rings is 1. The molecule has 4 heteroatoms. The molecular weight excluding hydrogens is 621 g/mol. The summed E-state index contributed by atoms with van der Waals surface area (Å²) >= 11 is 0. The van der Waals surface area contributed by atoms with Crippen LogP contribution >= 0.6 is 0 Å². The molecule has 0 bridgehead atoms. The van der Waals surface area contributed by atoms with Crippen LogP contribution < -0.4 is 0 Å². The maximum Gasteiger partial charge on any atom is 0.147 e. The summed E-state index contributed by atoms with van der Waals surface area (Å²) in [6, 6.07) is 61.8. The number of nitrogens with zero attached hydrogens (tertiary/aromatic N) is 4. The lowest BCUT2D eigenvalue weighted by atomic mass is 9.99. The first-order chi connectivity index (χ1) is 25.3. The van der Waals surface area contributed by atoms with Crippen LogP contribution in [0.5, 0.6) is 0 Å². The molecule has 4 heterocycles. The van der Waals surface area contributed by atoms with E-state index in [0.717, 1.165) is 33.6 Å². The molecule has 8 aromatic carbocycles. The highest BCUT2D eigenvalue weighted by atomic mass is 15.1. The monoisotopic (exact) mass is 648 g/mol. The zero-order valence-corrected chi connectivity index (χ0v) is 27.5. The van der Waals surface area contributed by atoms with Crippen molar-refractivity contribution in [2.75, 3.05) is 0 Å². The second-order valence-corrected chi connectivity index (χ2v) is 13.6. The van der Waals surface area contributed by atoms with Crippen molar-refractivity contribution in [1.29, 1.82) is 0 Å². The highest BCUT2D eigenvalue weighted by Crippen LogP contribution is 2.43. The van der Waals surface area contributed by atoms with Crippen LogP contribution in [0.3, 0.4) is 0 Å². The normalized spacial score (nSPS) is 12.3. The number of benzene rings is 8. The third-order valence-corrected chi connectivity index (χ3v) is 11.0. The molecule has 4 nitrogen and oxygen atoms in total. The van der Waals surface area contributed by atoms with E-state index in [1.165, 1.54) is 70.5 Å². The van der Waals surface area contributed by atoms with Gasteiger partial charge in [-0.15, -0.1) is 0 Å². The van der Waals surface area contributed by atoms with Crippen LogP contribution in [0.4, 0.5) is 0 Å². The molecule has 12 aromatic rings. The molecule has 0 aliphatic rings. The van der Waals surface area contributed by atoms with Crippen molar-refractivity contribution in [1.82, 2.24) is 18.5 Å². The van der Waals surface area contributed by atoms with Gasteiger partial charge in [0.1, 0.15) is 5.65 Å². The Hall–Kier alpha value is -6.91. The summed E-state index contributed by atoms with van der Waals surface area (Å²) in [6.45, 7) is 0. The lowest BCUT2D eigenvalue weighted by Gasteiger charge is -2.15. The Morgan fingerprint density at radius 1 is 0.353 bits per heavy atom. The van der Waals surface area contributed by atoms with Crippen LogP contribution in [0.1, 0.15) is 0 Å². The van der Waals surface area contributed by atoms with Crippen molar-refractivity contribution in [2.45, 2.75) is 0 Å². The second kappa shape index (κ2) is 9.84. The Labute approximate surface area is 291 Å². The van der Waals surface area contributed by atoms with Gasteiger partial charge in [0.05, 0.1) is 38.6 Å². The third-order valence-electron chi connectivity index (χ3n) is 11.0. The largest absolute Gasteiger partial charge is 0.307 e. The van der Waals surface area contributed by atoms with E-state index in [9.17, 15) is 0 Å². The fourth-order valence-electron chi connectivity index (χ4n) is 8.86. The molecule has 51 heavy (non-hydrogen) atoms. The molecular formula is C47H28N4. The lowest BCUT2D eigenvalue weighted by molar-refractivity contribution is 1.15. The van der Waals surface area contributed by atoms with E-state index in [4.69, 9.17) is 4.98 Å². The molecule has 0 aliphatic heterocycles. The summed E-state index contributed by atoms with van der Waals surface area (Å²) in [5.41, 5.74) is 11.3. The summed E-state index contributed by atoms with van der Waals surface area (Å²) in [5.74, 6) is 0. The van der Waals surface area contributed by atoms with Gasteiger partial charge in [-0.3, -0.25) is 4.40 Å². The van der Waals surface area contributed by atoms with E-state index < -0.39 is 0 Å². The molecule has 0 aliphatic carbocycles. The minimum absolute atomic E-state index is 0.995. The van der Waals surface area contributed by atoms with Crippen molar-refractivity contribution < 1.29 is 0 Å². The maximum absolute atomic E-state index is 5.25. The third kappa shape index (κ3) is 3.50. The van der Waals surface area contributed by atoms with Crippen molar-refractivity contribution in [3.63, 3.8) is 0 Å². The second-order valence-electron chi connectivity index (χ2n) is 13.6. The Balaban J connectivity index is 1.29. The van der Waals surface area contributed by atoms with Crippen LogP contribution in [0, 0.1) is 0 Å². The predicted octanol–water partition coefficient (Wildman–Crippen LogP) is 12.1. The van der Waals surface area contributed by atoms with E-state index in [1.54, 1.807) is 0 Å². The molecule has 0 radical (unpaired) electrons. The zero-order valence-electron chi connectivity index (χ0n) is 27.5. The molecule has 0 saturated carbocycles. The SMILES string of the molecule is c1ccc(-n2c3ccccc3c3ccc4c5ccccc5n(-c5ccc6c(c5)c5ccc7ccccc7c5c5nc7ccccc7n65)c4c32)cc1. The van der Waals surface area contributed by atoms with Gasteiger partial charge in [-0.25, -0.2) is 4.98 Å². The lowest BCUT2D eigenvalue weighted by Crippen LogP contribution is -1.99. The van der Waals surface area contributed by atoms with Crippen LogP contribution in [0.25, 0.3) is 104 Å². The molecule has 0 unspecified atom stereocenters. The molecule has 0 N–H and O–H groups in total. The van der Waals surface area contributed by atoms with Crippen molar-refractivity contribution in [2.24, 2.45) is 0 Å². The Morgan fingerprint density at radius 3 is 1.69 bits per heavy atom. The summed E-state index contributed by atoms with van der Waals surface area (Å²) in [7, 11) is 0. The number of hydrogen-bond donors (Lipinski definition) is 0. The average Bonchev–Trinajstić information content (AvgIpc) is 3.86. The van der Waals surface area contributed by atoms with Gasteiger partial charge in [0.2, 0.25) is 0 Å². The molecule has 4 aromatic heterocycles. The van der Waals surface area contributed by atoms with Gasteiger partial charge in [-0.05, 0) is 70.8 Å². The van der Waals surface area contributed by atoms with E-state index in [0.29, 0.717) is 0 Å². The first-order valence-electron chi connectivity index (χ1n) is 17.5. The zero-order chi connectivity index (χ0) is 33.2. The highest BCUT2D eigenvalue weighted by Gasteiger charge is 2.22. The number of rotatable bonds is 2. The van der Waals surface area contributed by atoms with Crippen LogP contribution in [-0.4, -0.2) is 18.5 Å². The number of fused-ring (bicyclic) bond motifs is 17. The standard InChI is InChI=1S/C47H28N4/c1-2-13-30(14-3-1)49-40-19-9-6-16-33(40)36-25-26-37-34-17-7-10-20-41(34)50(46(37)45(36)49)31-23-27-42-38(28-31)35-24-22-29-12-4-5-15-32(29)44(35)47-48-39-18-8-11-21-43(39)51(42)47/h1-28H. The molecule has 0 saturated heterocycles. The molecule has 0 fully saturated rings. The van der Waals surface area contributed by atoms with E-state index in [1.807, 2.05) is 0 Å². The highest BCUT2D eigenvalue weighted by molar-refractivity contribution is 6.25.